The van der Waals surface area contributed by atoms with Gasteiger partial charge in [0.15, 0.2) is 11.6 Å². The normalized spacial score (nSPS) is 11.6. The van der Waals surface area contributed by atoms with Gasteiger partial charge in [0.05, 0.1) is 11.6 Å². The average Bonchev–Trinajstić information content (AvgIpc) is 3.42. The van der Waals surface area contributed by atoms with E-state index in [1.807, 2.05) is 4.90 Å². The molecule has 1 heterocycles. The molecule has 0 aliphatic rings. The molecule has 0 saturated carbocycles. The van der Waals surface area contributed by atoms with Crippen molar-refractivity contribution in [1.82, 2.24) is 4.90 Å². The van der Waals surface area contributed by atoms with Gasteiger partial charge in [-0.15, -0.1) is 0 Å². The Labute approximate surface area is 231 Å². The highest BCUT2D eigenvalue weighted by Gasteiger charge is 2.42. The number of carbonyl (C=O) groups is 2. The second-order valence-corrected chi connectivity index (χ2v) is 9.35. The summed E-state index contributed by atoms with van der Waals surface area (Å²) in [6.07, 6.45) is -3.99. The number of halogens is 5. The molecule has 0 aliphatic heterocycles. The third-order valence-electron chi connectivity index (χ3n) is 6.05. The smallest absolute Gasteiger partial charge is 0.489 e. The number of alkyl halides is 3. The fraction of sp³-hybridized carbons (Fsp3) is 0.241. The van der Waals surface area contributed by atoms with Crippen LogP contribution < -0.4 is 9.64 Å². The number of benzene rings is 3. The lowest BCUT2D eigenvalue weighted by Gasteiger charge is -2.26. The zero-order chi connectivity index (χ0) is 29.7. The van der Waals surface area contributed by atoms with Gasteiger partial charge >= 0.3 is 18.1 Å². The lowest BCUT2D eigenvalue weighted by Crippen LogP contribution is -2.38. The van der Waals surface area contributed by atoms with E-state index in [1.165, 1.54) is 17.2 Å². The third-order valence-corrected chi connectivity index (χ3v) is 6.05. The molecule has 0 radical (unpaired) electrons. The van der Waals surface area contributed by atoms with E-state index in [1.54, 1.807) is 62.6 Å². The van der Waals surface area contributed by atoms with Gasteiger partial charge in [-0.2, -0.15) is 13.2 Å². The maximum absolute atomic E-state index is 14.1. The molecule has 1 aromatic heterocycles. The average molecular weight is 577 g/mol. The Hall–Kier alpha value is -4.45. The van der Waals surface area contributed by atoms with Crippen LogP contribution in [-0.2, 0) is 20.9 Å². The predicted octanol–water partition coefficient (Wildman–Crippen LogP) is 5.96. The van der Waals surface area contributed by atoms with Crippen molar-refractivity contribution in [2.45, 2.75) is 12.8 Å². The number of hydrogen-bond acceptors (Lipinski definition) is 7. The zero-order valence-electron chi connectivity index (χ0n) is 22.0. The van der Waals surface area contributed by atoms with Crippen molar-refractivity contribution >= 4 is 28.6 Å². The second-order valence-electron chi connectivity index (χ2n) is 9.35. The van der Waals surface area contributed by atoms with Gasteiger partial charge in [-0.3, -0.25) is 0 Å². The van der Waals surface area contributed by atoms with Crippen LogP contribution >= 0.6 is 0 Å². The highest BCUT2D eigenvalue weighted by Crippen LogP contribution is 2.33. The van der Waals surface area contributed by atoms with Gasteiger partial charge in [-0.25, -0.2) is 18.4 Å². The first-order valence-corrected chi connectivity index (χ1v) is 12.3. The summed E-state index contributed by atoms with van der Waals surface area (Å²) >= 11 is 0. The maximum Gasteiger partial charge on any atom is 0.491 e. The molecule has 0 amide bonds. The molecule has 3 aromatic carbocycles. The molecule has 0 N–H and O–H groups in total. The van der Waals surface area contributed by atoms with E-state index < -0.39 is 36.3 Å². The summed E-state index contributed by atoms with van der Waals surface area (Å²) < 4.78 is 80.8. The summed E-state index contributed by atoms with van der Waals surface area (Å²) in [5.41, 5.74) is 2.40. The lowest BCUT2D eigenvalue weighted by atomic mass is 10.0. The number of rotatable bonds is 10. The monoisotopic (exact) mass is 576 g/mol. The first-order chi connectivity index (χ1) is 19.4. The minimum atomic E-state index is -5.28. The summed E-state index contributed by atoms with van der Waals surface area (Å²) in [6, 6.07) is 15.9. The zero-order valence-corrected chi connectivity index (χ0v) is 22.0. The van der Waals surface area contributed by atoms with Crippen LogP contribution in [0.3, 0.4) is 0 Å². The van der Waals surface area contributed by atoms with E-state index in [-0.39, 0.29) is 24.1 Å². The van der Waals surface area contributed by atoms with Crippen LogP contribution in [0.1, 0.15) is 5.56 Å². The molecule has 0 bridgehead atoms. The van der Waals surface area contributed by atoms with E-state index in [2.05, 4.69) is 4.74 Å². The van der Waals surface area contributed by atoms with Crippen LogP contribution in [0.4, 0.5) is 27.6 Å². The van der Waals surface area contributed by atoms with Crippen LogP contribution in [-0.4, -0.2) is 56.7 Å². The number of hydrogen-bond donors (Lipinski definition) is 0. The van der Waals surface area contributed by atoms with E-state index in [4.69, 9.17) is 9.15 Å². The number of likely N-dealkylation sites (N-methyl/N-ethyl adjacent to an activating group) is 1. The van der Waals surface area contributed by atoms with Gasteiger partial charge in [-0.1, -0.05) is 24.3 Å². The molecular weight excluding hydrogens is 551 g/mol. The van der Waals surface area contributed by atoms with Crippen molar-refractivity contribution in [3.05, 3.63) is 84.1 Å². The standard InChI is InChI=1S/C29H25F5N2O5/c1-35(2)11-12-36(16-25(37)41-28(38)29(32,33)34)20-5-3-4-18(14-20)17-40-21-8-6-19(7-9-21)23-15-24(30)26(31)22-10-13-39-27(22)23/h3-10,13-15H,11-12,16-17H2,1-2H3. The molecule has 0 unspecified atom stereocenters. The van der Waals surface area contributed by atoms with Crippen molar-refractivity contribution in [2.24, 2.45) is 0 Å². The van der Waals surface area contributed by atoms with Gasteiger partial charge in [-0.05, 0) is 61.6 Å². The third kappa shape index (κ3) is 7.40. The molecule has 0 atom stereocenters. The number of carbonyl (C=O) groups excluding carboxylic acids is 2. The Kier molecular flexibility index (Phi) is 8.92. The van der Waals surface area contributed by atoms with Gasteiger partial charge in [0.2, 0.25) is 0 Å². The first-order valence-electron chi connectivity index (χ1n) is 12.3. The summed E-state index contributed by atoms with van der Waals surface area (Å²) in [5, 5.41) is 0.0417. The number of esters is 2. The number of nitrogens with zero attached hydrogens (tertiary/aromatic N) is 2. The van der Waals surface area contributed by atoms with Gasteiger partial charge in [0.1, 0.15) is 24.5 Å². The predicted molar refractivity (Wildman–Crippen MR) is 140 cm³/mol. The van der Waals surface area contributed by atoms with Crippen molar-refractivity contribution in [2.75, 3.05) is 38.6 Å². The maximum atomic E-state index is 14.1. The fourth-order valence-corrected chi connectivity index (χ4v) is 4.00. The van der Waals surface area contributed by atoms with Crippen LogP contribution in [0.2, 0.25) is 0 Å². The summed E-state index contributed by atoms with van der Waals surface area (Å²) in [7, 11) is 3.59. The van der Waals surface area contributed by atoms with Crippen LogP contribution in [0, 0.1) is 11.6 Å². The molecule has 4 aromatic rings. The molecule has 41 heavy (non-hydrogen) atoms. The molecule has 0 fully saturated rings. The van der Waals surface area contributed by atoms with E-state index in [0.29, 0.717) is 34.7 Å². The van der Waals surface area contributed by atoms with Crippen LogP contribution in [0.15, 0.2) is 71.3 Å². The summed E-state index contributed by atoms with van der Waals surface area (Å²) in [6.45, 7) is 0.268. The Morgan fingerprint density at radius 3 is 2.37 bits per heavy atom. The second kappa shape index (κ2) is 12.4. The summed E-state index contributed by atoms with van der Waals surface area (Å²) in [5.74, 6) is -5.39. The van der Waals surface area contributed by atoms with Crippen LogP contribution in [0.5, 0.6) is 5.75 Å². The Bertz CT molecular complexity index is 1530. The first kappa shape index (κ1) is 29.5. The molecule has 7 nitrogen and oxygen atoms in total. The van der Waals surface area contributed by atoms with Gasteiger partial charge < -0.3 is 23.7 Å². The molecule has 4 rings (SSSR count). The Balaban J connectivity index is 1.45. The highest BCUT2D eigenvalue weighted by atomic mass is 19.4. The van der Waals surface area contributed by atoms with Crippen molar-refractivity contribution in [3.63, 3.8) is 0 Å². The lowest BCUT2D eigenvalue weighted by molar-refractivity contribution is -0.201. The van der Waals surface area contributed by atoms with Crippen molar-refractivity contribution in [1.29, 1.82) is 0 Å². The topological polar surface area (TPSA) is 72.2 Å². The molecule has 0 aliphatic carbocycles. The number of fused-ring (bicyclic) bond motifs is 1. The minimum absolute atomic E-state index is 0.0417. The Morgan fingerprint density at radius 1 is 0.951 bits per heavy atom. The Morgan fingerprint density at radius 2 is 1.68 bits per heavy atom. The molecule has 0 saturated heterocycles. The van der Waals surface area contributed by atoms with E-state index in [9.17, 15) is 31.5 Å². The minimum Gasteiger partial charge on any atom is -0.489 e. The molecular formula is C29H25F5N2O5. The van der Waals surface area contributed by atoms with Gasteiger partial charge in [0, 0.05) is 24.3 Å². The van der Waals surface area contributed by atoms with E-state index in [0.717, 1.165) is 6.07 Å². The van der Waals surface area contributed by atoms with Crippen molar-refractivity contribution < 1.29 is 45.4 Å². The van der Waals surface area contributed by atoms with E-state index >= 15 is 0 Å². The molecule has 216 valence electrons. The largest absolute Gasteiger partial charge is 0.491 e. The number of ether oxygens (including phenoxy) is 2. The highest BCUT2D eigenvalue weighted by molar-refractivity contribution is 5.93. The number of anilines is 1. The quantitative estimate of drug-likeness (QED) is 0.131. The van der Waals surface area contributed by atoms with Crippen molar-refractivity contribution in [3.8, 4) is 16.9 Å². The fourth-order valence-electron chi connectivity index (χ4n) is 4.00. The van der Waals surface area contributed by atoms with Crippen LogP contribution in [0.25, 0.3) is 22.1 Å². The SMILES string of the molecule is CN(C)CCN(CC(=O)OC(=O)C(F)(F)F)c1cccc(COc2ccc(-c3cc(F)c(F)c4ccoc34)cc2)c1. The van der Waals surface area contributed by atoms with Gasteiger partial charge in [0.25, 0.3) is 0 Å². The number of furan rings is 1. The molecule has 0 spiro atoms. The molecule has 12 heteroatoms. The summed E-state index contributed by atoms with van der Waals surface area (Å²) in [4.78, 5) is 26.5.